The van der Waals surface area contributed by atoms with Crippen LogP contribution in [0.25, 0.3) is 0 Å². The summed E-state index contributed by atoms with van der Waals surface area (Å²) in [6, 6.07) is 10.8. The van der Waals surface area contributed by atoms with Gasteiger partial charge in [0.15, 0.2) is 6.10 Å². The fraction of sp³-hybridized carbons (Fsp3) is 0.294. The lowest BCUT2D eigenvalue weighted by atomic mass is 9.98. The molecule has 3 rings (SSSR count). The van der Waals surface area contributed by atoms with E-state index < -0.39 is 12.1 Å². The lowest BCUT2D eigenvalue weighted by Gasteiger charge is -2.25. The van der Waals surface area contributed by atoms with Gasteiger partial charge < -0.3 is 14.5 Å². The van der Waals surface area contributed by atoms with Crippen LogP contribution < -0.4 is 5.32 Å². The topological polar surface area (TPSA) is 68.5 Å². The molecule has 2 heterocycles. The van der Waals surface area contributed by atoms with E-state index in [9.17, 15) is 9.59 Å². The first-order chi connectivity index (χ1) is 10.6. The molecule has 1 aliphatic heterocycles. The molecular weight excluding hydrogens is 282 g/mol. The molecule has 2 atom stereocenters. The summed E-state index contributed by atoms with van der Waals surface area (Å²) in [6.45, 7) is 1.89. The Morgan fingerprint density at radius 2 is 2.14 bits per heavy atom. The minimum atomic E-state index is -0.776. The number of hydrogen-bond acceptors (Lipinski definition) is 4. The predicted octanol–water partition coefficient (Wildman–Crippen LogP) is 2.11. The SMILES string of the molecule is C[C@H](Cc1ccco1)NC(=O)[C@@H]1Cc2ccccc2C(=O)O1. The highest BCUT2D eigenvalue weighted by atomic mass is 16.5. The van der Waals surface area contributed by atoms with Crippen LogP contribution in [0.3, 0.4) is 0 Å². The minimum absolute atomic E-state index is 0.102. The van der Waals surface area contributed by atoms with Crippen molar-refractivity contribution >= 4 is 11.9 Å². The van der Waals surface area contributed by atoms with Gasteiger partial charge in [-0.3, -0.25) is 4.79 Å². The number of fused-ring (bicyclic) bond motifs is 1. The number of carbonyl (C=O) groups excluding carboxylic acids is 2. The molecule has 1 aliphatic rings. The highest BCUT2D eigenvalue weighted by Gasteiger charge is 2.31. The van der Waals surface area contributed by atoms with E-state index in [1.807, 2.05) is 31.2 Å². The van der Waals surface area contributed by atoms with E-state index in [2.05, 4.69) is 5.32 Å². The third-order valence-corrected chi connectivity index (χ3v) is 3.66. The van der Waals surface area contributed by atoms with E-state index in [-0.39, 0.29) is 11.9 Å². The largest absolute Gasteiger partial charge is 0.469 e. The van der Waals surface area contributed by atoms with Crippen molar-refractivity contribution in [2.75, 3.05) is 0 Å². The third kappa shape index (κ3) is 3.03. The monoisotopic (exact) mass is 299 g/mol. The number of rotatable bonds is 4. The Kier molecular flexibility index (Phi) is 3.96. The van der Waals surface area contributed by atoms with Gasteiger partial charge in [-0.2, -0.15) is 0 Å². The molecule has 0 spiro atoms. The van der Waals surface area contributed by atoms with Gasteiger partial charge in [0.05, 0.1) is 11.8 Å². The molecule has 1 N–H and O–H groups in total. The number of ether oxygens (including phenoxy) is 1. The predicted molar refractivity (Wildman–Crippen MR) is 79.4 cm³/mol. The highest BCUT2D eigenvalue weighted by molar-refractivity contribution is 5.95. The summed E-state index contributed by atoms with van der Waals surface area (Å²) < 4.78 is 10.5. The van der Waals surface area contributed by atoms with Crippen LogP contribution in [0, 0.1) is 0 Å². The molecule has 1 amide bonds. The molecule has 1 aromatic carbocycles. The zero-order chi connectivity index (χ0) is 15.5. The number of carbonyl (C=O) groups is 2. The van der Waals surface area contributed by atoms with E-state index in [1.54, 1.807) is 18.4 Å². The normalized spacial score (nSPS) is 18.2. The standard InChI is InChI=1S/C17H17NO4/c1-11(9-13-6-4-8-21-13)18-16(19)15-10-12-5-2-3-7-14(12)17(20)22-15/h2-8,11,15H,9-10H2,1H3,(H,18,19)/t11-,15+/m1/s1. The number of amides is 1. The van der Waals surface area contributed by atoms with Crippen LogP contribution in [-0.4, -0.2) is 24.0 Å². The summed E-state index contributed by atoms with van der Waals surface area (Å²) in [5, 5.41) is 2.86. The first kappa shape index (κ1) is 14.4. The van der Waals surface area contributed by atoms with Gasteiger partial charge in [0.1, 0.15) is 5.76 Å². The van der Waals surface area contributed by atoms with Crippen LogP contribution in [0.1, 0.15) is 28.6 Å². The van der Waals surface area contributed by atoms with Crippen LogP contribution in [0.2, 0.25) is 0 Å². The lowest BCUT2D eigenvalue weighted by molar-refractivity contribution is -0.130. The van der Waals surface area contributed by atoms with Crippen molar-refractivity contribution in [3.05, 3.63) is 59.5 Å². The Hall–Kier alpha value is -2.56. The van der Waals surface area contributed by atoms with Crippen LogP contribution in [0.5, 0.6) is 0 Å². The number of nitrogens with one attached hydrogen (secondary N) is 1. The molecule has 22 heavy (non-hydrogen) atoms. The van der Waals surface area contributed by atoms with Crippen LogP contribution in [-0.2, 0) is 22.4 Å². The smallest absolute Gasteiger partial charge is 0.339 e. The van der Waals surface area contributed by atoms with Gasteiger partial charge >= 0.3 is 5.97 Å². The summed E-state index contributed by atoms with van der Waals surface area (Å²) in [5.74, 6) is 0.0846. The van der Waals surface area contributed by atoms with Crippen molar-refractivity contribution in [2.45, 2.75) is 31.9 Å². The summed E-state index contributed by atoms with van der Waals surface area (Å²) in [7, 11) is 0. The molecule has 2 aromatic rings. The Balaban J connectivity index is 1.62. The van der Waals surface area contributed by atoms with Crippen molar-refractivity contribution in [3.8, 4) is 0 Å². The second-order valence-electron chi connectivity index (χ2n) is 5.45. The Morgan fingerprint density at radius 1 is 1.32 bits per heavy atom. The number of cyclic esters (lactones) is 1. The molecule has 0 fully saturated rings. The van der Waals surface area contributed by atoms with E-state index in [1.165, 1.54) is 0 Å². The van der Waals surface area contributed by atoms with E-state index in [0.717, 1.165) is 11.3 Å². The maximum absolute atomic E-state index is 12.3. The first-order valence-electron chi connectivity index (χ1n) is 7.25. The van der Waals surface area contributed by atoms with Gasteiger partial charge in [-0.1, -0.05) is 18.2 Å². The average Bonchev–Trinajstić information content (AvgIpc) is 3.00. The second kappa shape index (κ2) is 6.05. The zero-order valence-electron chi connectivity index (χ0n) is 12.2. The molecule has 0 unspecified atom stereocenters. The number of esters is 1. The molecule has 114 valence electrons. The molecule has 5 heteroatoms. The van der Waals surface area contributed by atoms with Crippen molar-refractivity contribution in [2.24, 2.45) is 0 Å². The third-order valence-electron chi connectivity index (χ3n) is 3.66. The van der Waals surface area contributed by atoms with E-state index in [0.29, 0.717) is 18.4 Å². The van der Waals surface area contributed by atoms with E-state index >= 15 is 0 Å². The molecule has 1 aromatic heterocycles. The number of hydrogen-bond donors (Lipinski definition) is 1. The van der Waals surface area contributed by atoms with E-state index in [4.69, 9.17) is 9.15 Å². The van der Waals surface area contributed by atoms with Crippen molar-refractivity contribution in [3.63, 3.8) is 0 Å². The van der Waals surface area contributed by atoms with Gasteiger partial charge in [-0.05, 0) is 30.7 Å². The summed E-state index contributed by atoms with van der Waals surface area (Å²) in [6.07, 6.45) is 1.82. The molecule has 0 aliphatic carbocycles. The lowest BCUT2D eigenvalue weighted by Crippen LogP contribution is -2.45. The van der Waals surface area contributed by atoms with Crippen LogP contribution in [0.15, 0.2) is 47.1 Å². The fourth-order valence-corrected chi connectivity index (χ4v) is 2.60. The van der Waals surface area contributed by atoms with Gasteiger partial charge in [-0.25, -0.2) is 4.79 Å². The quantitative estimate of drug-likeness (QED) is 0.878. The summed E-state index contributed by atoms with van der Waals surface area (Å²) in [4.78, 5) is 24.2. The highest BCUT2D eigenvalue weighted by Crippen LogP contribution is 2.20. The molecule has 0 saturated heterocycles. The Bertz CT molecular complexity index is 678. The zero-order valence-corrected chi connectivity index (χ0v) is 12.2. The van der Waals surface area contributed by atoms with Gasteiger partial charge in [0.2, 0.25) is 0 Å². The Morgan fingerprint density at radius 3 is 2.91 bits per heavy atom. The van der Waals surface area contributed by atoms with Crippen LogP contribution >= 0.6 is 0 Å². The fourth-order valence-electron chi connectivity index (χ4n) is 2.60. The molecular formula is C17H17NO4. The van der Waals surface area contributed by atoms with Gasteiger partial charge in [-0.15, -0.1) is 0 Å². The van der Waals surface area contributed by atoms with Crippen LogP contribution in [0.4, 0.5) is 0 Å². The van der Waals surface area contributed by atoms with Crippen molar-refractivity contribution < 1.29 is 18.7 Å². The Labute approximate surface area is 128 Å². The second-order valence-corrected chi connectivity index (χ2v) is 5.45. The molecule has 0 radical (unpaired) electrons. The van der Waals surface area contributed by atoms with Gasteiger partial charge in [0.25, 0.3) is 5.91 Å². The average molecular weight is 299 g/mol. The molecule has 5 nitrogen and oxygen atoms in total. The van der Waals surface area contributed by atoms with Gasteiger partial charge in [0, 0.05) is 18.9 Å². The first-order valence-corrected chi connectivity index (χ1v) is 7.25. The maximum atomic E-state index is 12.3. The number of furan rings is 1. The van der Waals surface area contributed by atoms with Crippen molar-refractivity contribution in [1.29, 1.82) is 0 Å². The summed E-state index contributed by atoms with van der Waals surface area (Å²) >= 11 is 0. The molecule has 0 saturated carbocycles. The maximum Gasteiger partial charge on any atom is 0.339 e. The van der Waals surface area contributed by atoms with Crippen molar-refractivity contribution in [1.82, 2.24) is 5.32 Å². The number of benzene rings is 1. The molecule has 0 bridgehead atoms. The minimum Gasteiger partial charge on any atom is -0.469 e. The summed E-state index contributed by atoms with van der Waals surface area (Å²) in [5.41, 5.74) is 1.38.